The second-order valence-electron chi connectivity index (χ2n) is 11.1. The van der Waals surface area contributed by atoms with Crippen LogP contribution in [-0.4, -0.2) is 48.4 Å². The van der Waals surface area contributed by atoms with Crippen LogP contribution in [0.3, 0.4) is 0 Å². The molecule has 3 aromatic carbocycles. The van der Waals surface area contributed by atoms with E-state index in [1.165, 1.54) is 12.1 Å². The van der Waals surface area contributed by atoms with E-state index in [0.29, 0.717) is 56.8 Å². The summed E-state index contributed by atoms with van der Waals surface area (Å²) >= 11 is 6.61. The monoisotopic (exact) mass is 626 g/mol. The van der Waals surface area contributed by atoms with Crippen LogP contribution >= 0.6 is 22.4 Å². The molecule has 0 atom stereocenters. The lowest BCUT2D eigenvalue weighted by atomic mass is 9.74. The number of aromatic nitrogens is 1. The molecule has 0 bridgehead atoms. The van der Waals surface area contributed by atoms with Gasteiger partial charge in [0, 0.05) is 28.8 Å². The average Bonchev–Trinajstić information content (AvgIpc) is 3.05. The molecule has 43 heavy (non-hydrogen) atoms. The van der Waals surface area contributed by atoms with E-state index >= 15 is 0 Å². The summed E-state index contributed by atoms with van der Waals surface area (Å²) in [5.74, 6) is 0.328. The number of halogens is 3. The Morgan fingerprint density at radius 1 is 1.02 bits per heavy atom. The zero-order valence-electron chi connectivity index (χ0n) is 24.3. The topological polar surface area (TPSA) is 51.7 Å². The Morgan fingerprint density at radius 2 is 1.72 bits per heavy atom. The van der Waals surface area contributed by atoms with E-state index in [-0.39, 0.29) is 23.2 Å². The molecular formula is C34H37ClF2N2O3S. The number of nitrogens with zero attached hydrogens (tertiary/aromatic N) is 2. The molecule has 9 heteroatoms. The molecule has 0 saturated carbocycles. The van der Waals surface area contributed by atoms with Crippen molar-refractivity contribution in [1.29, 1.82) is 0 Å². The second-order valence-corrected chi connectivity index (χ2v) is 13.5. The number of aryl methyl sites for hydroxylation is 1. The number of fused-ring (bicyclic) bond motifs is 1. The summed E-state index contributed by atoms with van der Waals surface area (Å²) in [6.07, 6.45) is 4.78. The highest BCUT2D eigenvalue weighted by molar-refractivity contribution is 8.25. The Balaban J connectivity index is 1.27. The predicted molar refractivity (Wildman–Crippen MR) is 170 cm³/mol. The van der Waals surface area contributed by atoms with Gasteiger partial charge in [-0.05, 0) is 86.7 Å². The van der Waals surface area contributed by atoms with E-state index in [2.05, 4.69) is 9.88 Å². The first kappa shape index (κ1) is 31.2. The molecule has 0 spiro atoms. The van der Waals surface area contributed by atoms with Crippen LogP contribution in [0.4, 0.5) is 7.77 Å². The van der Waals surface area contributed by atoms with Gasteiger partial charge in [0.05, 0.1) is 33.9 Å². The standard InChI is InChI=1S/C34H37ClF2N2O3S/c1-41-27-14-15-32-30(23-27)29(31(35)24-38-32)13-8-16-34(33(40)42-25-26-9-4-2-5-10-26)17-19-39(20-18-34)21-22-43(36,37)28-11-6-3-7-12-28/h2-7,9-12,14-15,23-24H,8,13,16-22,25H2,1H3. The number of methoxy groups -OCH3 is 1. The second kappa shape index (κ2) is 14.1. The maximum atomic E-state index is 14.9. The Hall–Kier alpha value is -3.20. The molecule has 1 fully saturated rings. The lowest BCUT2D eigenvalue weighted by Gasteiger charge is -2.40. The highest BCUT2D eigenvalue weighted by Gasteiger charge is 2.42. The van der Waals surface area contributed by atoms with Gasteiger partial charge in [0.15, 0.2) is 0 Å². The van der Waals surface area contributed by atoms with Crippen LogP contribution in [0.15, 0.2) is 90.0 Å². The first-order chi connectivity index (χ1) is 20.8. The summed E-state index contributed by atoms with van der Waals surface area (Å²) in [6, 6.07) is 23.4. The van der Waals surface area contributed by atoms with Gasteiger partial charge in [0.1, 0.15) is 12.4 Å². The van der Waals surface area contributed by atoms with Crippen molar-refractivity contribution >= 4 is 39.3 Å². The molecular weight excluding hydrogens is 590 g/mol. The molecule has 1 aromatic heterocycles. The number of hydrogen-bond acceptors (Lipinski definition) is 5. The Bertz CT molecular complexity index is 1520. The Kier molecular flexibility index (Phi) is 10.2. The third-order valence-corrected chi connectivity index (χ3v) is 10.4. The molecule has 0 radical (unpaired) electrons. The van der Waals surface area contributed by atoms with Gasteiger partial charge in [-0.25, -0.2) is 0 Å². The van der Waals surface area contributed by atoms with Crippen molar-refractivity contribution in [3.63, 3.8) is 0 Å². The first-order valence-corrected chi connectivity index (χ1v) is 16.6. The molecule has 1 saturated heterocycles. The highest BCUT2D eigenvalue weighted by atomic mass is 35.5. The molecule has 2 heterocycles. The summed E-state index contributed by atoms with van der Waals surface area (Å²) in [7, 11) is -2.25. The van der Waals surface area contributed by atoms with Crippen LogP contribution in [-0.2, 0) is 22.6 Å². The largest absolute Gasteiger partial charge is 0.497 e. The quantitative estimate of drug-likeness (QED) is 0.147. The van der Waals surface area contributed by atoms with Crippen LogP contribution in [0, 0.1) is 5.41 Å². The van der Waals surface area contributed by atoms with Crippen molar-refractivity contribution in [2.24, 2.45) is 5.41 Å². The molecule has 4 aromatic rings. The smallest absolute Gasteiger partial charge is 0.312 e. The van der Waals surface area contributed by atoms with E-state index in [4.69, 9.17) is 21.1 Å². The van der Waals surface area contributed by atoms with Crippen LogP contribution < -0.4 is 4.74 Å². The number of carbonyl (C=O) groups is 1. The van der Waals surface area contributed by atoms with E-state index in [1.807, 2.05) is 48.5 Å². The van der Waals surface area contributed by atoms with E-state index in [9.17, 15) is 12.6 Å². The van der Waals surface area contributed by atoms with Crippen molar-refractivity contribution in [3.05, 3.63) is 101 Å². The van der Waals surface area contributed by atoms with Crippen molar-refractivity contribution in [2.75, 3.05) is 32.5 Å². The fourth-order valence-electron chi connectivity index (χ4n) is 5.81. The minimum Gasteiger partial charge on any atom is -0.497 e. The maximum absolute atomic E-state index is 14.9. The van der Waals surface area contributed by atoms with Crippen molar-refractivity contribution < 1.29 is 22.0 Å². The summed E-state index contributed by atoms with van der Waals surface area (Å²) < 4.78 is 41.2. The number of esters is 1. The van der Waals surface area contributed by atoms with Gasteiger partial charge in [0.25, 0.3) is 0 Å². The van der Waals surface area contributed by atoms with Gasteiger partial charge in [-0.1, -0.05) is 60.1 Å². The molecule has 228 valence electrons. The fraction of sp³-hybridized carbons (Fsp3) is 0.353. The summed E-state index contributed by atoms with van der Waals surface area (Å²) in [5, 5.41) is 1.52. The van der Waals surface area contributed by atoms with Crippen LogP contribution in [0.2, 0.25) is 5.02 Å². The number of piperidine rings is 1. The van der Waals surface area contributed by atoms with Gasteiger partial charge >= 0.3 is 5.97 Å². The number of benzene rings is 3. The number of hydrogen-bond donors (Lipinski definition) is 0. The minimum atomic E-state index is -3.88. The van der Waals surface area contributed by atoms with Crippen molar-refractivity contribution in [2.45, 2.75) is 43.6 Å². The third kappa shape index (κ3) is 7.66. The number of rotatable bonds is 12. The molecule has 0 unspecified atom stereocenters. The van der Waals surface area contributed by atoms with Gasteiger partial charge in [-0.2, -0.15) is 7.77 Å². The van der Waals surface area contributed by atoms with Crippen molar-refractivity contribution in [3.8, 4) is 5.75 Å². The number of carbonyl (C=O) groups excluding carboxylic acids is 1. The van der Waals surface area contributed by atoms with E-state index < -0.39 is 16.2 Å². The van der Waals surface area contributed by atoms with Crippen LogP contribution in [0.1, 0.15) is 36.8 Å². The number of likely N-dealkylation sites (tertiary alicyclic amines) is 1. The predicted octanol–water partition coefficient (Wildman–Crippen LogP) is 8.68. The summed E-state index contributed by atoms with van der Waals surface area (Å²) in [4.78, 5) is 20.3. The minimum absolute atomic E-state index is 0.116. The Labute approximate surface area is 259 Å². The van der Waals surface area contributed by atoms with Gasteiger partial charge in [0.2, 0.25) is 0 Å². The third-order valence-electron chi connectivity index (χ3n) is 8.43. The molecule has 5 rings (SSSR count). The van der Waals surface area contributed by atoms with Crippen LogP contribution in [0.25, 0.3) is 10.9 Å². The van der Waals surface area contributed by atoms with Gasteiger partial charge in [-0.15, -0.1) is 0 Å². The zero-order chi connectivity index (χ0) is 30.3. The molecule has 1 aliphatic rings. The van der Waals surface area contributed by atoms with Crippen molar-refractivity contribution in [1.82, 2.24) is 9.88 Å². The number of pyridine rings is 1. The number of ether oxygens (including phenoxy) is 2. The summed E-state index contributed by atoms with van der Waals surface area (Å²) in [5.41, 5.74) is 2.05. The molecule has 5 nitrogen and oxygen atoms in total. The maximum Gasteiger partial charge on any atom is 0.312 e. The summed E-state index contributed by atoms with van der Waals surface area (Å²) in [6.45, 7) is 1.65. The van der Waals surface area contributed by atoms with Gasteiger partial charge < -0.3 is 14.4 Å². The fourth-order valence-corrected chi connectivity index (χ4v) is 7.33. The zero-order valence-corrected chi connectivity index (χ0v) is 25.9. The van der Waals surface area contributed by atoms with E-state index in [1.54, 1.807) is 31.5 Å². The lowest BCUT2D eigenvalue weighted by Crippen LogP contribution is -2.46. The molecule has 0 aliphatic carbocycles. The Morgan fingerprint density at radius 3 is 2.42 bits per heavy atom. The first-order valence-electron chi connectivity index (χ1n) is 14.6. The SMILES string of the molecule is COc1ccc2ncc(Cl)c(CCCC3(C(=O)OCc4ccccc4)CCN(CCS(F)(F)c4ccccc4)CC3)c2c1. The normalized spacial score (nSPS) is 15.7. The highest BCUT2D eigenvalue weighted by Crippen LogP contribution is 2.58. The molecule has 0 amide bonds. The van der Waals surface area contributed by atoms with Gasteiger partial charge in [-0.3, -0.25) is 9.78 Å². The lowest BCUT2D eigenvalue weighted by molar-refractivity contribution is -0.161. The average molecular weight is 627 g/mol. The van der Waals surface area contributed by atoms with Crippen LogP contribution in [0.5, 0.6) is 5.75 Å². The molecule has 0 N–H and O–H groups in total. The molecule has 1 aliphatic heterocycles. The van der Waals surface area contributed by atoms with E-state index in [0.717, 1.165) is 27.8 Å².